The first kappa shape index (κ1) is 30.1. The first-order chi connectivity index (χ1) is 27.3. The lowest BCUT2D eigenvalue weighted by Crippen LogP contribution is -1.95. The van der Waals surface area contributed by atoms with Crippen LogP contribution in [0.5, 0.6) is 0 Å². The number of para-hydroxylation sites is 2. The second-order valence-electron chi connectivity index (χ2n) is 14.5. The van der Waals surface area contributed by atoms with Crippen LogP contribution in [0.2, 0.25) is 0 Å². The summed E-state index contributed by atoms with van der Waals surface area (Å²) in [6.07, 6.45) is 0. The maximum Gasteiger partial charge on any atom is 0.137 e. The van der Waals surface area contributed by atoms with Gasteiger partial charge in [-0.2, -0.15) is 0 Å². The summed E-state index contributed by atoms with van der Waals surface area (Å²) in [5, 5.41) is 9.61. The van der Waals surface area contributed by atoms with Crippen molar-refractivity contribution in [3.05, 3.63) is 194 Å². The van der Waals surface area contributed by atoms with Crippen molar-refractivity contribution in [2.75, 3.05) is 0 Å². The van der Waals surface area contributed by atoms with Gasteiger partial charge in [0.05, 0.1) is 27.8 Å². The number of nitrogens with zero attached hydrogens (tertiary/aromatic N) is 2. The van der Waals surface area contributed by atoms with Crippen LogP contribution >= 0.6 is 0 Å². The van der Waals surface area contributed by atoms with Gasteiger partial charge in [-0.05, 0) is 88.3 Å². The second kappa shape index (κ2) is 11.6. The number of hydrogen-bond acceptors (Lipinski definition) is 1. The summed E-state index contributed by atoms with van der Waals surface area (Å²) in [4.78, 5) is 0. The van der Waals surface area contributed by atoms with E-state index in [1.807, 2.05) is 6.07 Å². The lowest BCUT2D eigenvalue weighted by Gasteiger charge is -2.12. The number of benzene rings is 9. The van der Waals surface area contributed by atoms with Gasteiger partial charge in [0.1, 0.15) is 11.2 Å². The van der Waals surface area contributed by atoms with Crippen molar-refractivity contribution in [1.82, 2.24) is 9.13 Å². The lowest BCUT2D eigenvalue weighted by molar-refractivity contribution is 0.669. The third kappa shape index (κ3) is 4.50. The largest absolute Gasteiger partial charge is 0.456 e. The first-order valence-electron chi connectivity index (χ1n) is 18.8. The molecule has 0 saturated carbocycles. The van der Waals surface area contributed by atoms with E-state index in [0.717, 1.165) is 38.8 Å². The number of furan rings is 1. The molecule has 0 unspecified atom stereocenters. The quantitative estimate of drug-likeness (QED) is 0.179. The standard InChI is InChI=1S/C52H32N2O/c1-2-12-33(13-3-1)35-16-10-17-38(28-35)53-47-21-8-6-19-40(47)42-29-36(24-26-48(42)53)37-25-27-49-43(30-37)44-31-45-41-20-7-9-23-51(41)55-52(45)32-50(44)54(49)46-22-11-15-34-14-4-5-18-39(34)46/h1-32H. The molecule has 9 aromatic carbocycles. The van der Waals surface area contributed by atoms with Crippen LogP contribution in [0.4, 0.5) is 0 Å². The van der Waals surface area contributed by atoms with Crippen molar-refractivity contribution < 1.29 is 4.42 Å². The van der Waals surface area contributed by atoms with Crippen LogP contribution < -0.4 is 0 Å². The van der Waals surface area contributed by atoms with E-state index >= 15 is 0 Å². The van der Waals surface area contributed by atoms with Crippen LogP contribution in [0.15, 0.2) is 199 Å². The van der Waals surface area contributed by atoms with Crippen LogP contribution in [0.25, 0.3) is 110 Å². The smallest absolute Gasteiger partial charge is 0.137 e. The summed E-state index contributed by atoms with van der Waals surface area (Å²) in [6, 6.07) is 70.3. The Morgan fingerprint density at radius 1 is 0.291 bits per heavy atom. The van der Waals surface area contributed by atoms with E-state index in [2.05, 4.69) is 197 Å². The minimum atomic E-state index is 0.898. The highest BCUT2D eigenvalue weighted by Crippen LogP contribution is 2.42. The molecule has 3 nitrogen and oxygen atoms in total. The zero-order chi connectivity index (χ0) is 36.0. The van der Waals surface area contributed by atoms with Gasteiger partial charge in [-0.3, -0.25) is 0 Å². The Morgan fingerprint density at radius 3 is 1.75 bits per heavy atom. The summed E-state index contributed by atoms with van der Waals surface area (Å²) in [7, 11) is 0. The molecule has 0 bridgehead atoms. The van der Waals surface area contributed by atoms with E-state index in [9.17, 15) is 0 Å². The molecule has 0 saturated heterocycles. The van der Waals surface area contributed by atoms with E-state index in [1.54, 1.807) is 0 Å². The zero-order valence-corrected chi connectivity index (χ0v) is 29.8. The number of aromatic nitrogens is 2. The average molecular weight is 701 g/mol. The van der Waals surface area contributed by atoms with Gasteiger partial charge in [-0.25, -0.2) is 0 Å². The Balaban J connectivity index is 1.09. The zero-order valence-electron chi connectivity index (χ0n) is 29.8. The summed E-state index contributed by atoms with van der Waals surface area (Å²) >= 11 is 0. The van der Waals surface area contributed by atoms with Crippen molar-refractivity contribution in [2.24, 2.45) is 0 Å². The Morgan fingerprint density at radius 2 is 0.891 bits per heavy atom. The normalized spacial score (nSPS) is 12.0. The van der Waals surface area contributed by atoms with Crippen molar-refractivity contribution in [1.29, 1.82) is 0 Å². The van der Waals surface area contributed by atoms with E-state index < -0.39 is 0 Å². The second-order valence-corrected chi connectivity index (χ2v) is 14.5. The van der Waals surface area contributed by atoms with Crippen molar-refractivity contribution in [2.45, 2.75) is 0 Å². The Labute approximate surface area is 316 Å². The van der Waals surface area contributed by atoms with Gasteiger partial charge in [0, 0.05) is 49.5 Å². The molecule has 0 atom stereocenters. The van der Waals surface area contributed by atoms with Gasteiger partial charge in [-0.1, -0.05) is 127 Å². The fourth-order valence-electron chi connectivity index (χ4n) is 8.97. The van der Waals surface area contributed by atoms with Gasteiger partial charge >= 0.3 is 0 Å². The molecule has 0 fully saturated rings. The van der Waals surface area contributed by atoms with Gasteiger partial charge in [0.25, 0.3) is 0 Å². The molecular formula is C52H32N2O. The van der Waals surface area contributed by atoms with Gasteiger partial charge < -0.3 is 13.6 Å². The van der Waals surface area contributed by atoms with E-state index in [4.69, 9.17) is 4.42 Å². The maximum absolute atomic E-state index is 6.45. The molecule has 256 valence electrons. The van der Waals surface area contributed by atoms with Crippen molar-refractivity contribution >= 4 is 76.3 Å². The Kier molecular flexibility index (Phi) is 6.34. The van der Waals surface area contributed by atoms with E-state index in [0.29, 0.717) is 0 Å². The fourth-order valence-corrected chi connectivity index (χ4v) is 8.97. The molecule has 0 spiro atoms. The molecule has 12 aromatic rings. The first-order valence-corrected chi connectivity index (χ1v) is 18.8. The molecule has 3 heteroatoms. The van der Waals surface area contributed by atoms with Crippen LogP contribution in [-0.4, -0.2) is 9.13 Å². The summed E-state index contributed by atoms with van der Waals surface area (Å²) in [6.45, 7) is 0. The molecule has 0 aliphatic carbocycles. The highest BCUT2D eigenvalue weighted by molar-refractivity contribution is 6.19. The molecule has 3 heterocycles. The fraction of sp³-hybridized carbons (Fsp3) is 0. The number of rotatable bonds is 4. The average Bonchev–Trinajstić information content (AvgIpc) is 3.89. The highest BCUT2D eigenvalue weighted by atomic mass is 16.3. The molecule has 0 aliphatic rings. The summed E-state index contributed by atoms with van der Waals surface area (Å²) in [5.74, 6) is 0. The molecule has 55 heavy (non-hydrogen) atoms. The van der Waals surface area contributed by atoms with Crippen molar-refractivity contribution in [3.8, 4) is 33.6 Å². The minimum absolute atomic E-state index is 0.898. The van der Waals surface area contributed by atoms with Crippen LogP contribution in [0.3, 0.4) is 0 Å². The maximum atomic E-state index is 6.45. The molecule has 0 amide bonds. The molecule has 12 rings (SSSR count). The highest BCUT2D eigenvalue weighted by Gasteiger charge is 2.19. The van der Waals surface area contributed by atoms with Crippen LogP contribution in [-0.2, 0) is 0 Å². The minimum Gasteiger partial charge on any atom is -0.456 e. The van der Waals surface area contributed by atoms with Gasteiger partial charge in [-0.15, -0.1) is 0 Å². The molecule has 3 aromatic heterocycles. The number of fused-ring (bicyclic) bond motifs is 10. The van der Waals surface area contributed by atoms with Crippen molar-refractivity contribution in [3.63, 3.8) is 0 Å². The molecular weight excluding hydrogens is 669 g/mol. The Bertz CT molecular complexity index is 3480. The van der Waals surface area contributed by atoms with Crippen LogP contribution in [0, 0.1) is 0 Å². The third-order valence-corrected chi connectivity index (χ3v) is 11.5. The van der Waals surface area contributed by atoms with Crippen LogP contribution in [0.1, 0.15) is 0 Å². The van der Waals surface area contributed by atoms with E-state index in [1.165, 1.54) is 71.1 Å². The predicted octanol–water partition coefficient (Wildman–Crippen LogP) is 14.3. The predicted molar refractivity (Wildman–Crippen MR) is 231 cm³/mol. The summed E-state index contributed by atoms with van der Waals surface area (Å²) in [5.41, 5.74) is 13.6. The van der Waals surface area contributed by atoms with Gasteiger partial charge in [0.2, 0.25) is 0 Å². The molecule has 0 radical (unpaired) electrons. The Hall–Kier alpha value is -7.36. The molecule has 0 aliphatic heterocycles. The topological polar surface area (TPSA) is 23.0 Å². The van der Waals surface area contributed by atoms with Gasteiger partial charge in [0.15, 0.2) is 0 Å². The summed E-state index contributed by atoms with van der Waals surface area (Å²) < 4.78 is 11.3. The lowest BCUT2D eigenvalue weighted by atomic mass is 10.00. The molecule has 0 N–H and O–H groups in total. The number of hydrogen-bond donors (Lipinski definition) is 0. The SMILES string of the molecule is c1ccc(-c2cccc(-n3c4ccccc4c4cc(-c5ccc6c(c5)c5cc7c(cc5n6-c5cccc6ccccc56)oc5ccccc57)ccc43)c2)cc1. The monoisotopic (exact) mass is 700 g/mol. The van der Waals surface area contributed by atoms with E-state index in [-0.39, 0.29) is 0 Å². The third-order valence-electron chi connectivity index (χ3n) is 11.5.